The fraction of sp³-hybridized carbons (Fsp3) is 0.0312. The van der Waals surface area contributed by atoms with E-state index in [4.69, 9.17) is 4.74 Å². The van der Waals surface area contributed by atoms with Crippen molar-refractivity contribution in [2.45, 2.75) is 0 Å². The average Bonchev–Trinajstić information content (AvgIpc) is 3.25. The molecule has 6 rings (SSSR count). The van der Waals surface area contributed by atoms with E-state index in [-0.39, 0.29) is 0 Å². The molecule has 0 N–H and O–H groups in total. The molecule has 5 aromatic rings. The number of ether oxygens (including phenoxy) is 1. The molecule has 0 spiro atoms. The van der Waals surface area contributed by atoms with Crippen LogP contribution in [0.25, 0.3) is 11.1 Å². The van der Waals surface area contributed by atoms with Crippen LogP contribution in [0.2, 0.25) is 0 Å². The van der Waals surface area contributed by atoms with Crippen LogP contribution in [0.3, 0.4) is 0 Å². The standard InChI is InChI=1S/C32H25OP/c1-33-24-21-22-29-28-19-11-12-20-30(28)32(31(29)23-24)34(25-13-5-2-6-14-25,26-15-7-3-8-16-26)27-17-9-4-10-18-27/h2-23H,1H3. The van der Waals surface area contributed by atoms with Crippen LogP contribution in [0.15, 0.2) is 133 Å². The monoisotopic (exact) mass is 456 g/mol. The van der Waals surface area contributed by atoms with Crippen LogP contribution in [0, 0.1) is 0 Å². The van der Waals surface area contributed by atoms with E-state index in [1.807, 2.05) is 0 Å². The van der Waals surface area contributed by atoms with E-state index in [0.717, 1.165) is 5.75 Å². The number of benzene rings is 5. The maximum absolute atomic E-state index is 5.72. The predicted octanol–water partition coefficient (Wildman–Crippen LogP) is 6.24. The van der Waals surface area contributed by atoms with Gasteiger partial charge in [0, 0.05) is 5.29 Å². The summed E-state index contributed by atoms with van der Waals surface area (Å²) in [6.45, 7) is -2.23. The molecular weight excluding hydrogens is 431 g/mol. The van der Waals surface area contributed by atoms with Crippen molar-refractivity contribution in [3.63, 3.8) is 0 Å². The highest BCUT2D eigenvalue weighted by Gasteiger charge is 2.36. The summed E-state index contributed by atoms with van der Waals surface area (Å²) in [5, 5.41) is 5.47. The Morgan fingerprint density at radius 1 is 0.441 bits per heavy atom. The van der Waals surface area contributed by atoms with Crippen molar-refractivity contribution in [1.29, 1.82) is 0 Å². The van der Waals surface area contributed by atoms with Gasteiger partial charge < -0.3 is 4.74 Å². The summed E-state index contributed by atoms with van der Waals surface area (Å²) >= 11 is 0. The number of hydrogen-bond acceptors (Lipinski definition) is 1. The van der Waals surface area contributed by atoms with Gasteiger partial charge in [-0.15, -0.1) is 0 Å². The van der Waals surface area contributed by atoms with Crippen molar-refractivity contribution in [2.24, 2.45) is 0 Å². The third kappa shape index (κ3) is 3.09. The van der Waals surface area contributed by atoms with Crippen LogP contribution in [0.5, 0.6) is 5.75 Å². The van der Waals surface area contributed by atoms with Gasteiger partial charge in [-0.25, -0.2) is 0 Å². The predicted molar refractivity (Wildman–Crippen MR) is 147 cm³/mol. The van der Waals surface area contributed by atoms with Gasteiger partial charge in [0.2, 0.25) is 0 Å². The first-order valence-electron chi connectivity index (χ1n) is 11.6. The molecule has 0 saturated heterocycles. The van der Waals surface area contributed by atoms with Crippen molar-refractivity contribution in [1.82, 2.24) is 0 Å². The minimum atomic E-state index is -2.23. The van der Waals surface area contributed by atoms with Gasteiger partial charge in [0.05, 0.1) is 7.11 Å². The molecule has 164 valence electrons. The van der Waals surface area contributed by atoms with Crippen LogP contribution in [-0.2, 0) is 0 Å². The molecule has 0 saturated carbocycles. The Bertz CT molecular complexity index is 1420. The number of fused-ring (bicyclic) bond motifs is 3. The summed E-state index contributed by atoms with van der Waals surface area (Å²) in [6.07, 6.45) is 0. The Morgan fingerprint density at radius 3 is 1.38 bits per heavy atom. The zero-order valence-electron chi connectivity index (χ0n) is 19.1. The Morgan fingerprint density at radius 2 is 0.882 bits per heavy atom. The van der Waals surface area contributed by atoms with Gasteiger partial charge in [0.15, 0.2) is 0 Å². The molecule has 0 aliphatic heterocycles. The van der Waals surface area contributed by atoms with Crippen LogP contribution in [0.4, 0.5) is 0 Å². The van der Waals surface area contributed by atoms with Crippen LogP contribution < -0.4 is 20.7 Å². The largest absolute Gasteiger partial charge is 0.497 e. The average molecular weight is 457 g/mol. The number of methoxy groups -OCH3 is 1. The molecule has 0 atom stereocenters. The van der Waals surface area contributed by atoms with Crippen molar-refractivity contribution in [3.8, 4) is 16.9 Å². The van der Waals surface area contributed by atoms with Crippen molar-refractivity contribution in [3.05, 3.63) is 145 Å². The van der Waals surface area contributed by atoms with Gasteiger partial charge in [-0.1, -0.05) is 121 Å². The second-order valence-electron chi connectivity index (χ2n) is 8.48. The maximum atomic E-state index is 5.72. The highest BCUT2D eigenvalue weighted by molar-refractivity contribution is 7.96. The van der Waals surface area contributed by atoms with E-state index in [1.54, 1.807) is 7.11 Å². The smallest absolute Gasteiger partial charge is 0.119 e. The molecule has 0 bridgehead atoms. The second kappa shape index (κ2) is 8.52. The normalized spacial score (nSPS) is 12.2. The Labute approximate surface area is 201 Å². The zero-order chi connectivity index (χ0) is 23.0. The molecule has 34 heavy (non-hydrogen) atoms. The van der Waals surface area contributed by atoms with Gasteiger partial charge in [-0.2, -0.15) is 0 Å². The van der Waals surface area contributed by atoms with Crippen LogP contribution in [0.1, 0.15) is 11.1 Å². The molecule has 0 unspecified atom stereocenters. The Balaban J connectivity index is 1.92. The first kappa shape index (κ1) is 20.8. The fourth-order valence-corrected chi connectivity index (χ4v) is 9.93. The zero-order valence-corrected chi connectivity index (χ0v) is 20.0. The van der Waals surface area contributed by atoms with E-state index in [1.165, 1.54) is 43.5 Å². The molecule has 0 amide bonds. The van der Waals surface area contributed by atoms with E-state index < -0.39 is 6.89 Å². The van der Waals surface area contributed by atoms with E-state index >= 15 is 0 Å². The molecular formula is C32H25OP. The van der Waals surface area contributed by atoms with E-state index in [0.29, 0.717) is 0 Å². The second-order valence-corrected chi connectivity index (χ2v) is 11.8. The van der Waals surface area contributed by atoms with E-state index in [2.05, 4.69) is 133 Å². The molecule has 5 aromatic carbocycles. The molecule has 0 fully saturated rings. The van der Waals surface area contributed by atoms with Crippen molar-refractivity contribution >= 4 is 28.1 Å². The summed E-state index contributed by atoms with van der Waals surface area (Å²) in [4.78, 5) is 0. The number of hydrogen-bond donors (Lipinski definition) is 0. The lowest BCUT2D eigenvalue weighted by Gasteiger charge is -2.32. The topological polar surface area (TPSA) is 9.23 Å². The summed E-state index contributed by atoms with van der Waals surface area (Å²) < 4.78 is 5.72. The lowest BCUT2D eigenvalue weighted by Crippen LogP contribution is -2.30. The molecule has 1 aliphatic carbocycles. The first-order valence-corrected chi connectivity index (χ1v) is 13.3. The highest BCUT2D eigenvalue weighted by Crippen LogP contribution is 2.54. The minimum Gasteiger partial charge on any atom is -0.497 e. The third-order valence-electron chi connectivity index (χ3n) is 6.72. The molecule has 1 nitrogen and oxygen atoms in total. The van der Waals surface area contributed by atoms with Crippen molar-refractivity contribution < 1.29 is 4.74 Å². The van der Waals surface area contributed by atoms with E-state index in [9.17, 15) is 0 Å². The van der Waals surface area contributed by atoms with Gasteiger partial charge in [0.1, 0.15) is 5.75 Å². The summed E-state index contributed by atoms with van der Waals surface area (Å²) in [5.74, 6) is 0.886. The third-order valence-corrected chi connectivity index (χ3v) is 11.1. The SMILES string of the molecule is COc1ccc2c(c1)C(=P(c1ccccc1)(c1ccccc1)c1ccccc1)c1ccccc1-2. The summed E-state index contributed by atoms with van der Waals surface area (Å²) in [5.41, 5.74) is 5.15. The quantitative estimate of drug-likeness (QED) is 0.286. The molecule has 2 heteroatoms. The fourth-order valence-electron chi connectivity index (χ4n) is 5.30. The van der Waals surface area contributed by atoms with Crippen molar-refractivity contribution in [2.75, 3.05) is 7.11 Å². The minimum absolute atomic E-state index is 0.886. The lowest BCUT2D eigenvalue weighted by atomic mass is 10.1. The number of rotatable bonds is 4. The summed E-state index contributed by atoms with van der Waals surface area (Å²) in [6, 6.07) is 48.6. The molecule has 0 heterocycles. The molecule has 0 radical (unpaired) electrons. The first-order chi connectivity index (χ1) is 16.8. The van der Waals surface area contributed by atoms with Gasteiger partial charge >= 0.3 is 0 Å². The van der Waals surface area contributed by atoms with Crippen LogP contribution in [-0.4, -0.2) is 12.4 Å². The van der Waals surface area contributed by atoms with Gasteiger partial charge in [-0.05, 0) is 57.2 Å². The summed E-state index contributed by atoms with van der Waals surface area (Å²) in [7, 11) is 1.75. The molecule has 0 aromatic heterocycles. The van der Waals surface area contributed by atoms with Gasteiger partial charge in [0.25, 0.3) is 0 Å². The van der Waals surface area contributed by atoms with Gasteiger partial charge in [-0.3, -0.25) is 0 Å². The van der Waals surface area contributed by atoms with Crippen LogP contribution >= 0.6 is 6.89 Å². The Hall–Kier alpha value is -3.80. The Kier molecular flexibility index (Phi) is 5.21. The lowest BCUT2D eigenvalue weighted by molar-refractivity contribution is 0.415. The highest BCUT2D eigenvalue weighted by atomic mass is 31.2. The molecule has 1 aliphatic rings. The maximum Gasteiger partial charge on any atom is 0.119 e.